The quantitative estimate of drug-likeness (QED) is 0.831. The first-order valence-corrected chi connectivity index (χ1v) is 9.58. The fourth-order valence-corrected chi connectivity index (χ4v) is 5.34. The van der Waals surface area contributed by atoms with Crippen LogP contribution in [0.4, 0.5) is 0 Å². The molecule has 1 aromatic carbocycles. The van der Waals surface area contributed by atoms with Gasteiger partial charge in [-0.25, -0.2) is 8.42 Å². The van der Waals surface area contributed by atoms with E-state index in [0.29, 0.717) is 37.7 Å². The van der Waals surface area contributed by atoms with Gasteiger partial charge in [0, 0.05) is 31.7 Å². The van der Waals surface area contributed by atoms with Crippen LogP contribution in [0, 0.1) is 11.3 Å². The van der Waals surface area contributed by atoms with Gasteiger partial charge in [-0.15, -0.1) is 0 Å². The number of benzene rings is 1. The molecule has 1 aromatic rings. The van der Waals surface area contributed by atoms with Gasteiger partial charge >= 0.3 is 5.97 Å². The van der Waals surface area contributed by atoms with Crippen LogP contribution in [0.1, 0.15) is 6.42 Å². The van der Waals surface area contributed by atoms with Crippen molar-refractivity contribution in [1.82, 2.24) is 4.31 Å². The Kier molecular flexibility index (Phi) is 3.89. The molecule has 0 unspecified atom stereocenters. The second-order valence-corrected chi connectivity index (χ2v) is 8.52. The summed E-state index contributed by atoms with van der Waals surface area (Å²) in [5.74, 6) is -0.401. The molecule has 1 N–H and O–H groups in total. The standard InChI is InChI=1S/C16H19NO7S/c18-15(19)16-3-4-22-9-11(16)8-17(10-16)25(20,21)12-1-2-13-14(7-12)24-6-5-23-13/h1-2,7,11H,3-6,8-10H2,(H,18,19)/t11-,16+/m1/s1. The van der Waals surface area contributed by atoms with E-state index in [1.165, 1.54) is 16.4 Å². The van der Waals surface area contributed by atoms with Crippen molar-refractivity contribution in [3.05, 3.63) is 18.2 Å². The maximum absolute atomic E-state index is 13.0. The van der Waals surface area contributed by atoms with Gasteiger partial charge in [0.2, 0.25) is 10.0 Å². The number of rotatable bonds is 3. The molecule has 136 valence electrons. The van der Waals surface area contributed by atoms with Gasteiger partial charge in [-0.3, -0.25) is 4.79 Å². The zero-order valence-electron chi connectivity index (χ0n) is 13.5. The lowest BCUT2D eigenvalue weighted by Gasteiger charge is -2.34. The maximum Gasteiger partial charge on any atom is 0.311 e. The van der Waals surface area contributed by atoms with Gasteiger partial charge < -0.3 is 19.3 Å². The number of hydrogen-bond donors (Lipinski definition) is 1. The van der Waals surface area contributed by atoms with Crippen molar-refractivity contribution in [1.29, 1.82) is 0 Å². The minimum atomic E-state index is -3.82. The van der Waals surface area contributed by atoms with Gasteiger partial charge in [0.15, 0.2) is 11.5 Å². The first kappa shape index (κ1) is 16.6. The maximum atomic E-state index is 13.0. The van der Waals surface area contributed by atoms with Gasteiger partial charge in [0.25, 0.3) is 0 Å². The Morgan fingerprint density at radius 1 is 1.20 bits per heavy atom. The largest absolute Gasteiger partial charge is 0.486 e. The second-order valence-electron chi connectivity index (χ2n) is 6.59. The summed E-state index contributed by atoms with van der Waals surface area (Å²) in [6, 6.07) is 4.48. The van der Waals surface area contributed by atoms with Crippen LogP contribution in [0.25, 0.3) is 0 Å². The molecule has 3 heterocycles. The summed E-state index contributed by atoms with van der Waals surface area (Å²) >= 11 is 0. The van der Waals surface area contributed by atoms with Crippen molar-refractivity contribution in [2.75, 3.05) is 39.5 Å². The molecule has 2 saturated heterocycles. The molecule has 25 heavy (non-hydrogen) atoms. The van der Waals surface area contributed by atoms with Gasteiger partial charge in [0.1, 0.15) is 13.2 Å². The topological polar surface area (TPSA) is 102 Å². The average Bonchev–Trinajstić information content (AvgIpc) is 3.03. The Labute approximate surface area is 145 Å². The van der Waals surface area contributed by atoms with Crippen molar-refractivity contribution in [2.24, 2.45) is 11.3 Å². The Morgan fingerprint density at radius 2 is 1.96 bits per heavy atom. The Balaban J connectivity index is 1.66. The van der Waals surface area contributed by atoms with E-state index in [2.05, 4.69) is 0 Å². The van der Waals surface area contributed by atoms with E-state index in [0.717, 1.165) is 0 Å². The molecule has 0 aliphatic carbocycles. The number of carboxylic acids is 1. The summed E-state index contributed by atoms with van der Waals surface area (Å²) in [6.45, 7) is 1.49. The summed E-state index contributed by atoms with van der Waals surface area (Å²) in [5.41, 5.74) is -1.07. The molecule has 0 radical (unpaired) electrons. The Bertz CT molecular complexity index is 809. The van der Waals surface area contributed by atoms with E-state index >= 15 is 0 Å². The number of hydrogen-bond acceptors (Lipinski definition) is 6. The molecule has 9 heteroatoms. The van der Waals surface area contributed by atoms with E-state index in [9.17, 15) is 18.3 Å². The number of carboxylic acid groups (broad SMARTS) is 1. The molecule has 0 saturated carbocycles. The number of aliphatic carboxylic acids is 1. The van der Waals surface area contributed by atoms with E-state index in [-0.39, 0.29) is 30.5 Å². The number of ether oxygens (including phenoxy) is 3. The monoisotopic (exact) mass is 369 g/mol. The summed E-state index contributed by atoms with van der Waals surface area (Å²) in [4.78, 5) is 11.9. The number of fused-ring (bicyclic) bond motifs is 2. The molecule has 0 amide bonds. The van der Waals surface area contributed by atoms with Crippen molar-refractivity contribution in [3.63, 3.8) is 0 Å². The average molecular weight is 369 g/mol. The van der Waals surface area contributed by atoms with Crippen molar-refractivity contribution < 1.29 is 32.5 Å². The molecule has 0 aromatic heterocycles. The highest BCUT2D eigenvalue weighted by Crippen LogP contribution is 2.44. The van der Waals surface area contributed by atoms with E-state index in [4.69, 9.17) is 14.2 Å². The van der Waals surface area contributed by atoms with Crippen molar-refractivity contribution in [2.45, 2.75) is 11.3 Å². The van der Waals surface area contributed by atoms with Crippen molar-refractivity contribution >= 4 is 16.0 Å². The number of carbonyl (C=O) groups is 1. The molecule has 0 spiro atoms. The summed E-state index contributed by atoms with van der Waals surface area (Å²) < 4.78 is 43.5. The van der Waals surface area contributed by atoms with Crippen LogP contribution < -0.4 is 9.47 Å². The fourth-order valence-electron chi connectivity index (χ4n) is 3.77. The van der Waals surface area contributed by atoms with Crippen LogP contribution >= 0.6 is 0 Å². The molecule has 2 fully saturated rings. The number of nitrogens with zero attached hydrogens (tertiary/aromatic N) is 1. The van der Waals surface area contributed by atoms with Crippen LogP contribution in [0.5, 0.6) is 11.5 Å². The molecule has 0 bridgehead atoms. The Hall–Kier alpha value is -1.84. The van der Waals surface area contributed by atoms with E-state index in [1.807, 2.05) is 0 Å². The van der Waals surface area contributed by atoms with E-state index in [1.54, 1.807) is 6.07 Å². The van der Waals surface area contributed by atoms with Crippen LogP contribution in [0.2, 0.25) is 0 Å². The SMILES string of the molecule is O=C(O)[C@]12CCOC[C@H]1CN(S(=O)(=O)c1ccc3c(c1)OCCO3)C2. The first-order valence-electron chi connectivity index (χ1n) is 8.14. The zero-order chi connectivity index (χ0) is 17.7. The predicted molar refractivity (Wildman–Crippen MR) is 85.2 cm³/mol. The fraction of sp³-hybridized carbons (Fsp3) is 0.562. The predicted octanol–water partition coefficient (Wildman–Crippen LogP) is 0.570. The lowest BCUT2D eigenvalue weighted by Crippen LogP contribution is -2.45. The lowest BCUT2D eigenvalue weighted by molar-refractivity contribution is -0.157. The van der Waals surface area contributed by atoms with Gasteiger partial charge in [0.05, 0.1) is 16.9 Å². The molecule has 2 atom stereocenters. The first-order chi connectivity index (χ1) is 11.9. The van der Waals surface area contributed by atoms with Crippen molar-refractivity contribution in [3.8, 4) is 11.5 Å². The highest BCUT2D eigenvalue weighted by atomic mass is 32.2. The summed E-state index contributed by atoms with van der Waals surface area (Å²) in [7, 11) is -3.82. The third-order valence-corrected chi connectivity index (χ3v) is 7.06. The molecule has 3 aliphatic heterocycles. The smallest absolute Gasteiger partial charge is 0.311 e. The van der Waals surface area contributed by atoms with Crippen LogP contribution in [0.3, 0.4) is 0 Å². The molecular formula is C16H19NO7S. The van der Waals surface area contributed by atoms with Crippen LogP contribution in [-0.4, -0.2) is 63.3 Å². The third-order valence-electron chi connectivity index (χ3n) is 5.25. The minimum absolute atomic E-state index is 0.0346. The van der Waals surface area contributed by atoms with Crippen LogP contribution in [0.15, 0.2) is 23.1 Å². The zero-order valence-corrected chi connectivity index (χ0v) is 14.3. The van der Waals surface area contributed by atoms with Gasteiger partial charge in [-0.2, -0.15) is 4.31 Å². The minimum Gasteiger partial charge on any atom is -0.486 e. The molecular weight excluding hydrogens is 350 g/mol. The van der Waals surface area contributed by atoms with Gasteiger partial charge in [-0.05, 0) is 18.6 Å². The van der Waals surface area contributed by atoms with Gasteiger partial charge in [-0.1, -0.05) is 0 Å². The van der Waals surface area contributed by atoms with Crippen LogP contribution in [-0.2, 0) is 19.6 Å². The normalized spacial score (nSPS) is 29.2. The summed E-state index contributed by atoms with van der Waals surface area (Å²) in [6.07, 6.45) is 0.320. The highest BCUT2D eigenvalue weighted by Gasteiger charge is 2.56. The van der Waals surface area contributed by atoms with E-state index < -0.39 is 21.4 Å². The molecule has 8 nitrogen and oxygen atoms in total. The third kappa shape index (κ3) is 2.57. The Morgan fingerprint density at radius 3 is 2.68 bits per heavy atom. The highest BCUT2D eigenvalue weighted by molar-refractivity contribution is 7.89. The molecule has 4 rings (SSSR count). The lowest BCUT2D eigenvalue weighted by atomic mass is 9.74. The second kappa shape index (κ2) is 5.86. The molecule has 3 aliphatic rings. The number of sulfonamides is 1. The summed E-state index contributed by atoms with van der Waals surface area (Å²) in [5, 5.41) is 9.70.